The molecule has 0 aliphatic carbocycles. The van der Waals surface area contributed by atoms with Crippen LogP contribution in [-0.2, 0) is 19.4 Å². The Morgan fingerprint density at radius 2 is 1.79 bits per heavy atom. The minimum atomic E-state index is 0.935. The fourth-order valence-electron chi connectivity index (χ4n) is 2.77. The van der Waals surface area contributed by atoms with Gasteiger partial charge in [0.1, 0.15) is 0 Å². The summed E-state index contributed by atoms with van der Waals surface area (Å²) in [4.78, 5) is 7.86. The van der Waals surface area contributed by atoms with Crippen LogP contribution in [0.5, 0.6) is 0 Å². The van der Waals surface area contributed by atoms with Gasteiger partial charge in [-0.1, -0.05) is 85.8 Å². The van der Waals surface area contributed by atoms with Crippen molar-refractivity contribution in [1.29, 1.82) is 0 Å². The number of fused-ring (bicyclic) bond motifs is 1. The van der Waals surface area contributed by atoms with Crippen LogP contribution in [0.25, 0.3) is 6.08 Å². The molecule has 0 saturated heterocycles. The molecular weight excluding hydrogens is 444 g/mol. The minimum absolute atomic E-state index is 0.935. The number of aromatic nitrogens is 1. The molecule has 0 spiro atoms. The normalized spacial score (nSPS) is 12.5. The molecule has 0 fully saturated rings. The third-order valence-corrected chi connectivity index (χ3v) is 6.01. The summed E-state index contributed by atoms with van der Waals surface area (Å²) in [5.41, 5.74) is 3.83. The SMILES string of the molecule is C/C=C\C.C=C/C=C/c1ccccn1.CCc1ccccc1.CN1CCc2cc(Cl)sc2C1. The highest BCUT2D eigenvalue weighted by atomic mass is 35.5. The van der Waals surface area contributed by atoms with Crippen molar-refractivity contribution in [2.75, 3.05) is 13.6 Å². The first-order valence-corrected chi connectivity index (χ1v) is 12.5. The molecule has 0 radical (unpaired) electrons. The summed E-state index contributed by atoms with van der Waals surface area (Å²) in [5.74, 6) is 0. The maximum atomic E-state index is 5.90. The first kappa shape index (κ1) is 28.6. The molecule has 4 heteroatoms. The first-order valence-electron chi connectivity index (χ1n) is 11.3. The summed E-state index contributed by atoms with van der Waals surface area (Å²) in [6, 6.07) is 18.4. The zero-order valence-electron chi connectivity index (χ0n) is 20.4. The third-order valence-electron chi connectivity index (χ3n) is 4.72. The van der Waals surface area contributed by atoms with Crippen molar-refractivity contribution in [3.8, 4) is 0 Å². The second kappa shape index (κ2) is 18.0. The number of benzene rings is 1. The molecule has 1 aromatic carbocycles. The van der Waals surface area contributed by atoms with E-state index in [0.717, 1.165) is 29.4 Å². The van der Waals surface area contributed by atoms with Gasteiger partial charge in [0.05, 0.1) is 10.0 Å². The molecule has 0 atom stereocenters. The highest BCUT2D eigenvalue weighted by molar-refractivity contribution is 7.16. The molecule has 2 nitrogen and oxygen atoms in total. The van der Waals surface area contributed by atoms with Crippen molar-refractivity contribution in [2.45, 2.75) is 40.2 Å². The Hall–Kier alpha value is -2.46. The van der Waals surface area contributed by atoms with E-state index in [4.69, 9.17) is 11.6 Å². The number of pyridine rings is 1. The maximum absolute atomic E-state index is 5.90. The van der Waals surface area contributed by atoms with Crippen molar-refractivity contribution in [1.82, 2.24) is 9.88 Å². The van der Waals surface area contributed by atoms with Crippen LogP contribution in [0.1, 0.15) is 42.5 Å². The van der Waals surface area contributed by atoms with E-state index in [1.165, 1.54) is 22.5 Å². The molecule has 0 N–H and O–H groups in total. The number of hydrogen-bond donors (Lipinski definition) is 0. The van der Waals surface area contributed by atoms with Crippen LogP contribution in [0, 0.1) is 0 Å². The third kappa shape index (κ3) is 13.0. The van der Waals surface area contributed by atoms with Crippen molar-refractivity contribution in [2.24, 2.45) is 0 Å². The van der Waals surface area contributed by atoms with E-state index in [2.05, 4.69) is 60.8 Å². The number of allylic oxidation sites excluding steroid dienone is 4. The molecule has 33 heavy (non-hydrogen) atoms. The Morgan fingerprint density at radius 3 is 2.33 bits per heavy atom. The van der Waals surface area contributed by atoms with Gasteiger partial charge in [-0.25, -0.2) is 0 Å². The number of rotatable bonds is 3. The van der Waals surface area contributed by atoms with Crippen LogP contribution in [0.2, 0.25) is 4.34 Å². The predicted molar refractivity (Wildman–Crippen MR) is 149 cm³/mol. The van der Waals surface area contributed by atoms with Crippen LogP contribution in [0.3, 0.4) is 0 Å². The molecule has 1 aliphatic rings. The average molecular weight is 481 g/mol. The largest absolute Gasteiger partial charge is 0.301 e. The zero-order valence-corrected chi connectivity index (χ0v) is 21.9. The fraction of sp³-hybridized carbons (Fsp3) is 0.276. The van der Waals surface area contributed by atoms with Gasteiger partial charge >= 0.3 is 0 Å². The van der Waals surface area contributed by atoms with E-state index in [1.54, 1.807) is 23.6 Å². The van der Waals surface area contributed by atoms with Crippen molar-refractivity contribution < 1.29 is 0 Å². The summed E-state index contributed by atoms with van der Waals surface area (Å²) >= 11 is 7.62. The zero-order chi connectivity index (χ0) is 24.3. The molecule has 2 aromatic heterocycles. The number of aryl methyl sites for hydroxylation is 1. The van der Waals surface area contributed by atoms with Crippen molar-refractivity contribution in [3.05, 3.63) is 118 Å². The number of halogens is 1. The Balaban J connectivity index is 0.000000232. The van der Waals surface area contributed by atoms with Gasteiger partial charge in [-0.2, -0.15) is 0 Å². The fourth-order valence-corrected chi connectivity index (χ4v) is 4.19. The highest BCUT2D eigenvalue weighted by Crippen LogP contribution is 2.30. The molecule has 1 aliphatic heterocycles. The van der Waals surface area contributed by atoms with Gasteiger partial charge in [0.2, 0.25) is 0 Å². The minimum Gasteiger partial charge on any atom is -0.301 e. The Morgan fingerprint density at radius 1 is 1.09 bits per heavy atom. The maximum Gasteiger partial charge on any atom is 0.0934 e. The molecule has 3 aromatic rings. The summed E-state index contributed by atoms with van der Waals surface area (Å²) in [6.07, 6.45) is 13.6. The van der Waals surface area contributed by atoms with Gasteiger partial charge in [-0.15, -0.1) is 11.3 Å². The molecule has 4 rings (SSSR count). The highest BCUT2D eigenvalue weighted by Gasteiger charge is 2.15. The second-order valence-corrected chi connectivity index (χ2v) is 9.11. The molecule has 0 saturated carbocycles. The Bertz CT molecular complexity index is 942. The first-order chi connectivity index (χ1) is 16.0. The quantitative estimate of drug-likeness (QED) is 0.276. The topological polar surface area (TPSA) is 16.1 Å². The molecule has 0 unspecified atom stereocenters. The van der Waals surface area contributed by atoms with E-state index >= 15 is 0 Å². The summed E-state index contributed by atoms with van der Waals surface area (Å²) in [5, 5.41) is 0. The van der Waals surface area contributed by atoms with Gasteiger partial charge in [0.25, 0.3) is 0 Å². The van der Waals surface area contributed by atoms with E-state index in [0.29, 0.717) is 0 Å². The number of likely N-dealkylation sites (N-methyl/N-ethyl adjacent to an activating group) is 1. The van der Waals surface area contributed by atoms with E-state index < -0.39 is 0 Å². The van der Waals surface area contributed by atoms with Crippen LogP contribution >= 0.6 is 22.9 Å². The number of thiophene rings is 1. The van der Waals surface area contributed by atoms with E-state index in [1.807, 2.05) is 62.4 Å². The van der Waals surface area contributed by atoms with Crippen molar-refractivity contribution >= 4 is 29.0 Å². The van der Waals surface area contributed by atoms with Crippen LogP contribution < -0.4 is 0 Å². The summed E-state index contributed by atoms with van der Waals surface area (Å²) < 4.78 is 0.935. The van der Waals surface area contributed by atoms with E-state index in [9.17, 15) is 0 Å². The average Bonchev–Trinajstić information content (AvgIpc) is 3.24. The second-order valence-electron chi connectivity index (χ2n) is 7.34. The Labute approximate surface area is 210 Å². The van der Waals surface area contributed by atoms with E-state index in [-0.39, 0.29) is 0 Å². The monoisotopic (exact) mass is 480 g/mol. The van der Waals surface area contributed by atoms with Gasteiger partial charge < -0.3 is 4.90 Å². The lowest BCUT2D eigenvalue weighted by atomic mass is 10.1. The standard InChI is InChI=1S/C9H9N.C8H10ClNS.C8H10.C4H8/c1-2-3-6-9-7-4-5-8-10-9;1-10-3-2-6-4-8(9)11-7(6)5-10;1-2-8-6-4-3-5-7-8;1-3-4-2/h2-8H,1H2;4H,2-3,5H2,1H3;3-7H,2H2,1H3;3-4H,1-2H3/b6-3+;;;4-3-. The molecule has 0 amide bonds. The molecule has 176 valence electrons. The summed E-state index contributed by atoms with van der Waals surface area (Å²) in [7, 11) is 2.15. The summed E-state index contributed by atoms with van der Waals surface area (Å²) in [6.45, 7) is 12.0. The molecular formula is C29H37ClN2S. The van der Waals surface area contributed by atoms with Gasteiger partial charge in [0, 0.05) is 24.2 Å². The Kier molecular flexibility index (Phi) is 15.6. The number of hydrogen-bond acceptors (Lipinski definition) is 3. The lowest BCUT2D eigenvalue weighted by Crippen LogP contribution is -2.24. The van der Waals surface area contributed by atoms with Gasteiger partial charge in [-0.3, -0.25) is 4.98 Å². The lowest BCUT2D eigenvalue weighted by molar-refractivity contribution is 0.317. The van der Waals surface area contributed by atoms with Crippen LogP contribution in [0.4, 0.5) is 0 Å². The van der Waals surface area contributed by atoms with Crippen LogP contribution in [-0.4, -0.2) is 23.5 Å². The number of nitrogens with zero attached hydrogens (tertiary/aromatic N) is 2. The smallest absolute Gasteiger partial charge is 0.0934 e. The van der Waals surface area contributed by atoms with Gasteiger partial charge in [-0.05, 0) is 69.1 Å². The lowest BCUT2D eigenvalue weighted by Gasteiger charge is -2.21. The predicted octanol–water partition coefficient (Wildman–Crippen LogP) is 8.50. The van der Waals surface area contributed by atoms with Crippen LogP contribution in [0.15, 0.2) is 91.7 Å². The van der Waals surface area contributed by atoms with Crippen molar-refractivity contribution in [3.63, 3.8) is 0 Å². The molecule has 0 bridgehead atoms. The van der Waals surface area contributed by atoms with Gasteiger partial charge in [0.15, 0.2) is 0 Å². The molecule has 3 heterocycles.